The topological polar surface area (TPSA) is 91.6 Å². The molecule has 2 heterocycles. The van der Waals surface area contributed by atoms with Gasteiger partial charge in [-0.2, -0.15) is 0 Å². The molecule has 2 fully saturated rings. The molecule has 1 saturated heterocycles. The van der Waals surface area contributed by atoms with Gasteiger partial charge in [-0.1, -0.05) is 5.21 Å². The Kier molecular flexibility index (Phi) is 3.07. The first-order valence-electron chi connectivity index (χ1n) is 6.73. The van der Waals surface area contributed by atoms with Crippen LogP contribution in [0.4, 0.5) is 4.79 Å². The Morgan fingerprint density at radius 1 is 1.40 bits per heavy atom. The Morgan fingerprint density at radius 2 is 2.10 bits per heavy atom. The monoisotopic (exact) mass is 279 g/mol. The standard InChI is InChI=1S/C12H17N5O3/c1-15(8-3-2-4-8)12(20)16-5-9(6-16)17-7-10(11(18)19)13-14-17/h7-9H,2-6H2,1H3,(H,18,19). The maximum Gasteiger partial charge on any atom is 0.358 e. The van der Waals surface area contributed by atoms with Crippen molar-refractivity contribution >= 4 is 12.0 Å². The molecule has 108 valence electrons. The van der Waals surface area contributed by atoms with Gasteiger partial charge in [-0.15, -0.1) is 5.10 Å². The summed E-state index contributed by atoms with van der Waals surface area (Å²) in [6.45, 7) is 1.11. The Balaban J connectivity index is 1.54. The van der Waals surface area contributed by atoms with E-state index < -0.39 is 5.97 Å². The third-order valence-corrected chi connectivity index (χ3v) is 4.16. The molecule has 0 radical (unpaired) electrons. The number of carbonyl (C=O) groups excluding carboxylic acids is 1. The molecule has 8 nitrogen and oxygen atoms in total. The minimum absolute atomic E-state index is 0.0225. The smallest absolute Gasteiger partial charge is 0.358 e. The van der Waals surface area contributed by atoms with E-state index in [9.17, 15) is 9.59 Å². The lowest BCUT2D eigenvalue weighted by atomic mass is 9.92. The van der Waals surface area contributed by atoms with E-state index in [-0.39, 0.29) is 17.8 Å². The SMILES string of the molecule is CN(C(=O)N1CC(n2cc(C(=O)O)nn2)C1)C1CCC1. The maximum atomic E-state index is 12.2. The van der Waals surface area contributed by atoms with Gasteiger partial charge in [-0.05, 0) is 19.3 Å². The molecule has 8 heteroatoms. The summed E-state index contributed by atoms with van der Waals surface area (Å²) in [4.78, 5) is 26.5. The molecule has 2 aliphatic rings. The Morgan fingerprint density at radius 3 is 2.60 bits per heavy atom. The second-order valence-electron chi connectivity index (χ2n) is 5.43. The van der Waals surface area contributed by atoms with E-state index in [4.69, 9.17) is 5.11 Å². The van der Waals surface area contributed by atoms with Crippen molar-refractivity contribution in [1.82, 2.24) is 24.8 Å². The van der Waals surface area contributed by atoms with Crippen molar-refractivity contribution < 1.29 is 14.7 Å². The van der Waals surface area contributed by atoms with Crippen LogP contribution in [-0.4, -0.2) is 68.1 Å². The van der Waals surface area contributed by atoms with E-state index in [1.165, 1.54) is 17.3 Å². The summed E-state index contributed by atoms with van der Waals surface area (Å²) in [5, 5.41) is 16.2. The largest absolute Gasteiger partial charge is 0.476 e. The number of aromatic nitrogens is 3. The lowest BCUT2D eigenvalue weighted by Crippen LogP contribution is -2.57. The van der Waals surface area contributed by atoms with E-state index in [0.29, 0.717) is 19.1 Å². The molecule has 20 heavy (non-hydrogen) atoms. The van der Waals surface area contributed by atoms with Crippen molar-refractivity contribution in [2.75, 3.05) is 20.1 Å². The average molecular weight is 279 g/mol. The fourth-order valence-corrected chi connectivity index (χ4v) is 2.49. The predicted molar refractivity (Wildman–Crippen MR) is 68.4 cm³/mol. The van der Waals surface area contributed by atoms with Crippen LogP contribution < -0.4 is 0 Å². The van der Waals surface area contributed by atoms with Gasteiger partial charge in [0, 0.05) is 26.2 Å². The number of amides is 2. The van der Waals surface area contributed by atoms with Crippen LogP contribution in [0.3, 0.4) is 0 Å². The summed E-state index contributed by atoms with van der Waals surface area (Å²) in [6.07, 6.45) is 4.78. The van der Waals surface area contributed by atoms with E-state index >= 15 is 0 Å². The first kappa shape index (κ1) is 12.9. The average Bonchev–Trinajstić information content (AvgIpc) is 2.73. The number of hydrogen-bond acceptors (Lipinski definition) is 4. The molecule has 1 saturated carbocycles. The lowest BCUT2D eigenvalue weighted by Gasteiger charge is -2.44. The summed E-state index contributed by atoms with van der Waals surface area (Å²) in [7, 11) is 1.84. The highest BCUT2D eigenvalue weighted by molar-refractivity contribution is 5.84. The number of likely N-dealkylation sites (tertiary alicyclic amines) is 1. The molecular weight excluding hydrogens is 262 g/mol. The Labute approximate surface area is 116 Å². The molecule has 3 rings (SSSR count). The van der Waals surface area contributed by atoms with E-state index in [1.54, 1.807) is 4.90 Å². The van der Waals surface area contributed by atoms with Crippen molar-refractivity contribution in [3.8, 4) is 0 Å². The van der Waals surface area contributed by atoms with Crippen LogP contribution in [0.25, 0.3) is 0 Å². The van der Waals surface area contributed by atoms with Crippen LogP contribution in [0, 0.1) is 0 Å². The summed E-state index contributed by atoms with van der Waals surface area (Å²) >= 11 is 0. The quantitative estimate of drug-likeness (QED) is 0.866. The van der Waals surface area contributed by atoms with Crippen LogP contribution in [0.5, 0.6) is 0 Å². The normalized spacial score (nSPS) is 19.4. The third kappa shape index (κ3) is 2.10. The molecule has 1 aromatic heterocycles. The molecular formula is C12H17N5O3. The fraction of sp³-hybridized carbons (Fsp3) is 0.667. The molecule has 0 aromatic carbocycles. The minimum Gasteiger partial charge on any atom is -0.476 e. The molecule has 1 aliphatic carbocycles. The van der Waals surface area contributed by atoms with Crippen molar-refractivity contribution in [2.45, 2.75) is 31.3 Å². The van der Waals surface area contributed by atoms with Gasteiger partial charge in [0.2, 0.25) is 0 Å². The molecule has 1 N–H and O–H groups in total. The summed E-state index contributed by atoms with van der Waals surface area (Å²) in [5.74, 6) is -1.09. The van der Waals surface area contributed by atoms with Crippen molar-refractivity contribution in [2.24, 2.45) is 0 Å². The molecule has 0 atom stereocenters. The van der Waals surface area contributed by atoms with Gasteiger partial charge in [0.15, 0.2) is 5.69 Å². The molecule has 2 amide bonds. The third-order valence-electron chi connectivity index (χ3n) is 4.16. The number of hydrogen-bond donors (Lipinski definition) is 1. The first-order chi connectivity index (χ1) is 9.56. The van der Waals surface area contributed by atoms with Gasteiger partial charge < -0.3 is 14.9 Å². The number of carboxylic acids is 1. The Bertz CT molecular complexity index is 533. The van der Waals surface area contributed by atoms with Gasteiger partial charge in [0.05, 0.1) is 12.2 Å². The van der Waals surface area contributed by atoms with E-state index in [1.807, 2.05) is 11.9 Å². The number of nitrogens with zero attached hydrogens (tertiary/aromatic N) is 5. The number of rotatable bonds is 3. The number of aromatic carboxylic acids is 1. The molecule has 0 unspecified atom stereocenters. The molecule has 1 aromatic rings. The first-order valence-corrected chi connectivity index (χ1v) is 6.73. The minimum atomic E-state index is -1.09. The van der Waals surface area contributed by atoms with Gasteiger partial charge in [-0.3, -0.25) is 0 Å². The summed E-state index contributed by atoms with van der Waals surface area (Å²) < 4.78 is 1.52. The predicted octanol–water partition coefficient (Wildman–Crippen LogP) is 0.437. The zero-order chi connectivity index (χ0) is 14.3. The second-order valence-corrected chi connectivity index (χ2v) is 5.43. The zero-order valence-electron chi connectivity index (χ0n) is 11.3. The Hall–Kier alpha value is -2.12. The van der Waals surface area contributed by atoms with Crippen LogP contribution in [0.1, 0.15) is 35.8 Å². The molecule has 0 spiro atoms. The van der Waals surface area contributed by atoms with Gasteiger partial charge in [0.25, 0.3) is 0 Å². The van der Waals surface area contributed by atoms with E-state index in [2.05, 4.69) is 10.3 Å². The molecule has 0 bridgehead atoms. The van der Waals surface area contributed by atoms with Gasteiger partial charge >= 0.3 is 12.0 Å². The number of urea groups is 1. The van der Waals surface area contributed by atoms with Crippen LogP contribution in [0.2, 0.25) is 0 Å². The van der Waals surface area contributed by atoms with Gasteiger partial charge in [0.1, 0.15) is 0 Å². The van der Waals surface area contributed by atoms with Crippen molar-refractivity contribution in [3.05, 3.63) is 11.9 Å². The lowest BCUT2D eigenvalue weighted by molar-refractivity contribution is 0.0686. The fourth-order valence-electron chi connectivity index (χ4n) is 2.49. The van der Waals surface area contributed by atoms with Crippen molar-refractivity contribution in [1.29, 1.82) is 0 Å². The summed E-state index contributed by atoms with van der Waals surface area (Å²) in [5.41, 5.74) is -0.0682. The van der Waals surface area contributed by atoms with Gasteiger partial charge in [-0.25, -0.2) is 14.3 Å². The van der Waals surface area contributed by atoms with Crippen LogP contribution >= 0.6 is 0 Å². The highest BCUT2D eigenvalue weighted by Gasteiger charge is 2.37. The number of carbonyl (C=O) groups is 2. The van der Waals surface area contributed by atoms with Crippen LogP contribution in [0.15, 0.2) is 6.20 Å². The number of carboxylic acid groups (broad SMARTS) is 1. The van der Waals surface area contributed by atoms with Crippen LogP contribution in [-0.2, 0) is 0 Å². The van der Waals surface area contributed by atoms with Crippen molar-refractivity contribution in [3.63, 3.8) is 0 Å². The molecule has 1 aliphatic heterocycles. The highest BCUT2D eigenvalue weighted by Crippen LogP contribution is 2.27. The highest BCUT2D eigenvalue weighted by atomic mass is 16.4. The second kappa shape index (κ2) is 4.77. The maximum absolute atomic E-state index is 12.2. The zero-order valence-corrected chi connectivity index (χ0v) is 11.3. The van der Waals surface area contributed by atoms with E-state index in [0.717, 1.165) is 12.8 Å². The summed E-state index contributed by atoms with van der Waals surface area (Å²) in [6, 6.07) is 0.449.